The number of carbonyl (C=O) groups excluding carboxylic acids is 2. The van der Waals surface area contributed by atoms with Crippen molar-refractivity contribution in [2.24, 2.45) is 0 Å². The van der Waals surface area contributed by atoms with Crippen molar-refractivity contribution >= 4 is 43.6 Å². The highest BCUT2D eigenvalue weighted by Crippen LogP contribution is 2.19. The Morgan fingerprint density at radius 2 is 2.12 bits per heavy atom. The lowest BCUT2D eigenvalue weighted by molar-refractivity contribution is -0.141. The van der Waals surface area contributed by atoms with Crippen LogP contribution in [-0.2, 0) is 9.53 Å². The maximum absolute atomic E-state index is 13.2. The molecule has 3 nitrogen and oxygen atoms in total. The van der Waals surface area contributed by atoms with Gasteiger partial charge in [0.25, 0.3) is 0 Å². The van der Waals surface area contributed by atoms with Gasteiger partial charge in [-0.1, -0.05) is 22.0 Å². The van der Waals surface area contributed by atoms with Crippen LogP contribution in [0.3, 0.4) is 0 Å². The quantitative estimate of drug-likeness (QED) is 0.355. The minimum absolute atomic E-state index is 0.112. The molecule has 0 amide bonds. The third kappa shape index (κ3) is 3.61. The molecule has 1 aromatic carbocycles. The zero-order valence-electron chi connectivity index (χ0n) is 8.88. The van der Waals surface area contributed by atoms with Crippen molar-refractivity contribution in [2.45, 2.75) is 11.8 Å². The Balaban J connectivity index is 2.89. The number of hydrogen-bond acceptors (Lipinski definition) is 3. The topological polar surface area (TPSA) is 43.4 Å². The molecule has 0 aromatic heterocycles. The van der Waals surface area contributed by atoms with E-state index in [1.807, 2.05) is 0 Å². The first kappa shape index (κ1) is 14.3. The van der Waals surface area contributed by atoms with Gasteiger partial charge >= 0.3 is 5.97 Å². The lowest BCUT2D eigenvalue weighted by Gasteiger charge is -2.08. The van der Waals surface area contributed by atoms with Gasteiger partial charge < -0.3 is 4.74 Å². The van der Waals surface area contributed by atoms with E-state index in [1.165, 1.54) is 12.1 Å². The van der Waals surface area contributed by atoms with E-state index >= 15 is 0 Å². The van der Waals surface area contributed by atoms with Gasteiger partial charge in [-0.2, -0.15) is 0 Å². The highest BCUT2D eigenvalue weighted by Gasteiger charge is 2.26. The Hall–Kier alpha value is -0.750. The summed E-state index contributed by atoms with van der Waals surface area (Å²) in [5.74, 6) is -1.77. The number of halogens is 3. The number of hydrogen-bond donors (Lipinski definition) is 0. The van der Waals surface area contributed by atoms with E-state index in [9.17, 15) is 14.0 Å². The molecule has 92 valence electrons. The first-order valence-electron chi connectivity index (χ1n) is 4.77. The van der Waals surface area contributed by atoms with Gasteiger partial charge in [0.1, 0.15) is 5.82 Å². The number of Topliss-reactive ketones (excluding diaryl/α,β-unsaturated/α-hetero) is 1. The summed E-state index contributed by atoms with van der Waals surface area (Å²) in [6.07, 6.45) is 0. The van der Waals surface area contributed by atoms with Crippen LogP contribution in [0.15, 0.2) is 22.7 Å². The summed E-state index contributed by atoms with van der Waals surface area (Å²) >= 11 is 5.91. The van der Waals surface area contributed by atoms with Crippen LogP contribution in [0.25, 0.3) is 0 Å². The van der Waals surface area contributed by atoms with Crippen LogP contribution >= 0.6 is 31.9 Å². The molecular weight excluding hydrogens is 359 g/mol. The largest absolute Gasteiger partial charge is 0.465 e. The van der Waals surface area contributed by atoms with Crippen molar-refractivity contribution in [1.29, 1.82) is 0 Å². The SMILES string of the molecule is CCOC(=O)C(Br)C(=O)c1ccc(Br)c(F)c1. The maximum Gasteiger partial charge on any atom is 0.327 e. The molecule has 0 spiro atoms. The molecule has 0 radical (unpaired) electrons. The molecule has 1 rings (SSSR count). The Morgan fingerprint density at radius 1 is 1.47 bits per heavy atom. The van der Waals surface area contributed by atoms with E-state index in [0.717, 1.165) is 6.07 Å². The monoisotopic (exact) mass is 366 g/mol. The molecule has 0 N–H and O–H groups in total. The fourth-order valence-electron chi connectivity index (χ4n) is 1.12. The van der Waals surface area contributed by atoms with E-state index in [1.54, 1.807) is 6.92 Å². The summed E-state index contributed by atoms with van der Waals surface area (Å²) in [4.78, 5) is 22.0. The number of rotatable bonds is 4. The second kappa shape index (κ2) is 6.26. The van der Waals surface area contributed by atoms with Gasteiger partial charge in [0.05, 0.1) is 11.1 Å². The molecule has 0 aliphatic rings. The summed E-state index contributed by atoms with van der Waals surface area (Å²) < 4.78 is 18.2. The predicted molar refractivity (Wildman–Crippen MR) is 67.8 cm³/mol. The van der Waals surface area contributed by atoms with Crippen molar-refractivity contribution in [1.82, 2.24) is 0 Å². The minimum atomic E-state index is -1.11. The van der Waals surface area contributed by atoms with Crippen LogP contribution in [0, 0.1) is 5.82 Å². The van der Waals surface area contributed by atoms with Crippen LogP contribution in [0.5, 0.6) is 0 Å². The van der Waals surface area contributed by atoms with E-state index in [2.05, 4.69) is 31.9 Å². The van der Waals surface area contributed by atoms with Crippen LogP contribution in [0.1, 0.15) is 17.3 Å². The van der Waals surface area contributed by atoms with Gasteiger partial charge in [-0.3, -0.25) is 9.59 Å². The summed E-state index contributed by atoms with van der Waals surface area (Å²) in [5, 5.41) is 0. The highest BCUT2D eigenvalue weighted by molar-refractivity contribution is 9.10. The van der Waals surface area contributed by atoms with E-state index in [0.29, 0.717) is 0 Å². The Bertz CT molecular complexity index is 448. The van der Waals surface area contributed by atoms with Gasteiger partial charge in [0.15, 0.2) is 10.6 Å². The molecule has 0 heterocycles. The normalized spacial score (nSPS) is 12.0. The van der Waals surface area contributed by atoms with E-state index < -0.39 is 22.4 Å². The summed E-state index contributed by atoms with van der Waals surface area (Å²) in [6, 6.07) is 3.91. The first-order valence-corrected chi connectivity index (χ1v) is 6.48. The van der Waals surface area contributed by atoms with Crippen molar-refractivity contribution in [3.63, 3.8) is 0 Å². The average Bonchev–Trinajstić information content (AvgIpc) is 2.31. The molecule has 0 bridgehead atoms. The fourth-order valence-corrected chi connectivity index (χ4v) is 1.76. The third-order valence-corrected chi connectivity index (χ3v) is 3.36. The van der Waals surface area contributed by atoms with E-state index in [4.69, 9.17) is 4.74 Å². The van der Waals surface area contributed by atoms with Crippen molar-refractivity contribution in [2.75, 3.05) is 6.61 Å². The van der Waals surface area contributed by atoms with Crippen molar-refractivity contribution in [3.8, 4) is 0 Å². The second-order valence-electron chi connectivity index (χ2n) is 3.11. The first-order chi connectivity index (χ1) is 7.97. The van der Waals surface area contributed by atoms with E-state index in [-0.39, 0.29) is 16.6 Å². The number of alkyl halides is 1. The molecule has 17 heavy (non-hydrogen) atoms. The molecular formula is C11H9Br2FO3. The molecule has 0 aliphatic carbocycles. The summed E-state index contributed by atoms with van der Waals surface area (Å²) in [6.45, 7) is 1.82. The van der Waals surface area contributed by atoms with Crippen LogP contribution in [0.2, 0.25) is 0 Å². The number of ketones is 1. The van der Waals surface area contributed by atoms with Crippen LogP contribution in [0.4, 0.5) is 4.39 Å². The van der Waals surface area contributed by atoms with Crippen molar-refractivity contribution in [3.05, 3.63) is 34.1 Å². The highest BCUT2D eigenvalue weighted by atomic mass is 79.9. The number of benzene rings is 1. The van der Waals surface area contributed by atoms with Crippen LogP contribution in [-0.4, -0.2) is 23.2 Å². The summed E-state index contributed by atoms with van der Waals surface area (Å²) in [7, 11) is 0. The van der Waals surface area contributed by atoms with Gasteiger partial charge in [-0.25, -0.2) is 4.39 Å². The van der Waals surface area contributed by atoms with Gasteiger partial charge in [-0.15, -0.1) is 0 Å². The molecule has 0 saturated heterocycles. The van der Waals surface area contributed by atoms with Crippen molar-refractivity contribution < 1.29 is 18.7 Å². The fraction of sp³-hybridized carbons (Fsp3) is 0.273. The predicted octanol–water partition coefficient (Wildman–Crippen LogP) is 3.10. The Labute approximate surface area is 115 Å². The number of carbonyl (C=O) groups is 2. The number of ether oxygens (including phenoxy) is 1. The van der Waals surface area contributed by atoms with Gasteiger partial charge in [0, 0.05) is 5.56 Å². The molecule has 0 aliphatic heterocycles. The lowest BCUT2D eigenvalue weighted by atomic mass is 10.1. The standard InChI is InChI=1S/C11H9Br2FO3/c1-2-17-11(16)9(13)10(15)6-3-4-7(12)8(14)5-6/h3-5,9H,2H2,1H3. The molecule has 0 saturated carbocycles. The van der Waals surface area contributed by atoms with Gasteiger partial charge in [0.2, 0.25) is 0 Å². The zero-order valence-corrected chi connectivity index (χ0v) is 12.0. The molecule has 1 aromatic rings. The average molecular weight is 368 g/mol. The third-order valence-electron chi connectivity index (χ3n) is 1.93. The maximum atomic E-state index is 13.2. The lowest BCUT2D eigenvalue weighted by Crippen LogP contribution is -2.26. The molecule has 0 fully saturated rings. The Morgan fingerprint density at radius 3 is 2.65 bits per heavy atom. The van der Waals surface area contributed by atoms with Gasteiger partial charge in [-0.05, 0) is 35.0 Å². The second-order valence-corrected chi connectivity index (χ2v) is 4.88. The minimum Gasteiger partial charge on any atom is -0.465 e. The molecule has 1 unspecified atom stereocenters. The molecule has 1 atom stereocenters. The summed E-state index contributed by atoms with van der Waals surface area (Å²) in [5.41, 5.74) is 0.112. The smallest absolute Gasteiger partial charge is 0.327 e. The van der Waals surface area contributed by atoms with Crippen LogP contribution < -0.4 is 0 Å². The zero-order chi connectivity index (χ0) is 13.0. The Kier molecular flexibility index (Phi) is 5.27. The number of esters is 1. The molecule has 6 heteroatoms.